The molecule has 2 rings (SSSR count). The summed E-state index contributed by atoms with van der Waals surface area (Å²) in [6.07, 6.45) is 4.37. The minimum Gasteiger partial charge on any atom is -0.262 e. The minimum atomic E-state index is 0.667. The molecule has 0 N–H and O–H groups in total. The lowest BCUT2D eigenvalue weighted by Crippen LogP contribution is -1.97. The maximum absolute atomic E-state index is 6.20. The van der Waals surface area contributed by atoms with Crippen LogP contribution in [0.4, 0.5) is 0 Å². The Labute approximate surface area is 93.7 Å². The molecule has 0 saturated heterocycles. The van der Waals surface area contributed by atoms with Crippen LogP contribution < -0.4 is 0 Å². The Morgan fingerprint density at radius 1 is 1.47 bits per heavy atom. The van der Waals surface area contributed by atoms with Crippen LogP contribution in [0.15, 0.2) is 24.5 Å². The van der Waals surface area contributed by atoms with Crippen LogP contribution >= 0.6 is 11.6 Å². The molecular formula is C11H12ClN3. The van der Waals surface area contributed by atoms with E-state index in [1.807, 2.05) is 19.1 Å². The first kappa shape index (κ1) is 10.2. The second-order valence-electron chi connectivity index (χ2n) is 3.34. The van der Waals surface area contributed by atoms with Crippen molar-refractivity contribution in [3.63, 3.8) is 0 Å². The van der Waals surface area contributed by atoms with Crippen LogP contribution in [-0.4, -0.2) is 14.8 Å². The smallest absolute Gasteiger partial charge is 0.136 e. The van der Waals surface area contributed by atoms with E-state index in [1.165, 1.54) is 0 Å². The van der Waals surface area contributed by atoms with Crippen molar-refractivity contribution in [3.05, 3.63) is 40.9 Å². The second kappa shape index (κ2) is 4.03. The molecule has 2 heterocycles. The minimum absolute atomic E-state index is 0.667. The van der Waals surface area contributed by atoms with Crippen molar-refractivity contribution in [1.82, 2.24) is 14.8 Å². The summed E-state index contributed by atoms with van der Waals surface area (Å²) in [7, 11) is 0. The number of aryl methyl sites for hydroxylation is 1. The Balaban J connectivity index is 2.55. The van der Waals surface area contributed by atoms with Gasteiger partial charge in [0, 0.05) is 11.8 Å². The summed E-state index contributed by atoms with van der Waals surface area (Å²) in [4.78, 5) is 4.05. The van der Waals surface area contributed by atoms with Gasteiger partial charge in [-0.2, -0.15) is 5.10 Å². The molecule has 78 valence electrons. The molecule has 0 aromatic carbocycles. The third-order valence-corrected chi connectivity index (χ3v) is 2.82. The van der Waals surface area contributed by atoms with Gasteiger partial charge in [-0.1, -0.05) is 18.5 Å². The lowest BCUT2D eigenvalue weighted by Gasteiger charge is -2.00. The van der Waals surface area contributed by atoms with Crippen LogP contribution in [0.2, 0.25) is 5.15 Å². The fourth-order valence-electron chi connectivity index (χ4n) is 1.50. The van der Waals surface area contributed by atoms with Gasteiger partial charge in [0.2, 0.25) is 0 Å². The third-order valence-electron chi connectivity index (χ3n) is 2.37. The van der Waals surface area contributed by atoms with Gasteiger partial charge in [-0.25, -0.2) is 4.68 Å². The highest BCUT2D eigenvalue weighted by Gasteiger charge is 2.11. The molecule has 0 aliphatic heterocycles. The fourth-order valence-corrected chi connectivity index (χ4v) is 1.75. The van der Waals surface area contributed by atoms with Crippen molar-refractivity contribution in [2.45, 2.75) is 20.3 Å². The highest BCUT2D eigenvalue weighted by atomic mass is 35.5. The number of rotatable bonds is 2. The molecule has 0 bridgehead atoms. The normalized spacial score (nSPS) is 10.6. The molecule has 2 aromatic rings. The van der Waals surface area contributed by atoms with Crippen LogP contribution in [0.5, 0.6) is 0 Å². The van der Waals surface area contributed by atoms with Crippen molar-refractivity contribution in [2.24, 2.45) is 0 Å². The Morgan fingerprint density at radius 3 is 2.80 bits per heavy atom. The van der Waals surface area contributed by atoms with E-state index >= 15 is 0 Å². The summed E-state index contributed by atoms with van der Waals surface area (Å²) in [6.45, 7) is 4.06. The van der Waals surface area contributed by atoms with E-state index in [4.69, 9.17) is 11.6 Å². The summed E-state index contributed by atoms with van der Waals surface area (Å²) in [6, 6.07) is 3.80. The molecule has 0 amide bonds. The average molecular weight is 222 g/mol. The van der Waals surface area contributed by atoms with E-state index in [1.54, 1.807) is 17.1 Å². The number of nitrogens with zero attached hydrogens (tertiary/aromatic N) is 3. The van der Waals surface area contributed by atoms with Gasteiger partial charge in [-0.3, -0.25) is 4.98 Å². The van der Waals surface area contributed by atoms with Crippen LogP contribution in [0.25, 0.3) is 5.69 Å². The first-order chi connectivity index (χ1) is 7.24. The summed E-state index contributed by atoms with van der Waals surface area (Å²) in [5, 5.41) is 5.11. The zero-order valence-corrected chi connectivity index (χ0v) is 9.49. The molecule has 0 aliphatic carbocycles. The second-order valence-corrected chi connectivity index (χ2v) is 3.70. The summed E-state index contributed by atoms with van der Waals surface area (Å²) in [5.41, 5.74) is 2.97. The molecular weight excluding hydrogens is 210 g/mol. The molecule has 3 nitrogen and oxygen atoms in total. The molecule has 4 heteroatoms. The standard InChI is InChI=1S/C11H12ClN3/c1-3-10-8(2)11(12)15(14-10)9-5-4-6-13-7-9/h4-7H,3H2,1-2H3. The van der Waals surface area contributed by atoms with E-state index in [-0.39, 0.29) is 0 Å². The molecule has 2 aromatic heterocycles. The third kappa shape index (κ3) is 1.75. The molecule has 0 spiro atoms. The number of aromatic nitrogens is 3. The topological polar surface area (TPSA) is 30.7 Å². The van der Waals surface area contributed by atoms with E-state index in [0.29, 0.717) is 5.15 Å². The lowest BCUT2D eigenvalue weighted by molar-refractivity contribution is 0.837. The van der Waals surface area contributed by atoms with Crippen LogP contribution in [0.3, 0.4) is 0 Å². The van der Waals surface area contributed by atoms with Gasteiger partial charge in [-0.05, 0) is 25.5 Å². The first-order valence-corrected chi connectivity index (χ1v) is 5.26. The summed E-state index contributed by atoms with van der Waals surface area (Å²) >= 11 is 6.20. The van der Waals surface area contributed by atoms with Gasteiger partial charge < -0.3 is 0 Å². The molecule has 0 unspecified atom stereocenters. The fraction of sp³-hybridized carbons (Fsp3) is 0.273. The Morgan fingerprint density at radius 2 is 2.27 bits per heavy atom. The monoisotopic (exact) mass is 221 g/mol. The van der Waals surface area contributed by atoms with E-state index in [9.17, 15) is 0 Å². The van der Waals surface area contributed by atoms with Crippen LogP contribution in [0, 0.1) is 6.92 Å². The average Bonchev–Trinajstić information content (AvgIpc) is 2.57. The molecule has 0 aliphatic rings. The molecule has 0 atom stereocenters. The summed E-state index contributed by atoms with van der Waals surface area (Å²) < 4.78 is 1.72. The SMILES string of the molecule is CCc1nn(-c2cccnc2)c(Cl)c1C. The van der Waals surface area contributed by atoms with Gasteiger partial charge in [0.25, 0.3) is 0 Å². The lowest BCUT2D eigenvalue weighted by atomic mass is 10.2. The number of pyridine rings is 1. The number of hydrogen-bond acceptors (Lipinski definition) is 2. The predicted molar refractivity (Wildman–Crippen MR) is 60.5 cm³/mol. The summed E-state index contributed by atoms with van der Waals surface area (Å²) in [5.74, 6) is 0. The van der Waals surface area contributed by atoms with Gasteiger partial charge in [0.05, 0.1) is 17.6 Å². The maximum Gasteiger partial charge on any atom is 0.136 e. The molecule has 0 radical (unpaired) electrons. The highest BCUT2D eigenvalue weighted by Crippen LogP contribution is 2.22. The van der Waals surface area contributed by atoms with E-state index in [2.05, 4.69) is 17.0 Å². The van der Waals surface area contributed by atoms with Crippen LogP contribution in [-0.2, 0) is 6.42 Å². The van der Waals surface area contributed by atoms with E-state index in [0.717, 1.165) is 23.4 Å². The predicted octanol–water partition coefficient (Wildman–Crippen LogP) is 2.79. The van der Waals surface area contributed by atoms with Crippen molar-refractivity contribution >= 4 is 11.6 Å². The zero-order valence-electron chi connectivity index (χ0n) is 8.74. The first-order valence-electron chi connectivity index (χ1n) is 4.88. The Bertz CT molecular complexity index is 462. The van der Waals surface area contributed by atoms with Crippen molar-refractivity contribution in [1.29, 1.82) is 0 Å². The quantitative estimate of drug-likeness (QED) is 0.781. The van der Waals surface area contributed by atoms with Crippen molar-refractivity contribution < 1.29 is 0 Å². The highest BCUT2D eigenvalue weighted by molar-refractivity contribution is 6.30. The van der Waals surface area contributed by atoms with Gasteiger partial charge in [0.15, 0.2) is 0 Å². The van der Waals surface area contributed by atoms with Crippen molar-refractivity contribution in [2.75, 3.05) is 0 Å². The van der Waals surface area contributed by atoms with Crippen molar-refractivity contribution in [3.8, 4) is 5.69 Å². The van der Waals surface area contributed by atoms with Gasteiger partial charge in [0.1, 0.15) is 5.15 Å². The largest absolute Gasteiger partial charge is 0.262 e. The van der Waals surface area contributed by atoms with E-state index < -0.39 is 0 Å². The maximum atomic E-state index is 6.20. The molecule has 0 saturated carbocycles. The number of hydrogen-bond donors (Lipinski definition) is 0. The molecule has 0 fully saturated rings. The molecule has 15 heavy (non-hydrogen) atoms. The Kier molecular flexibility index (Phi) is 2.73. The van der Waals surface area contributed by atoms with Gasteiger partial charge >= 0.3 is 0 Å². The Hall–Kier alpha value is -1.35. The zero-order chi connectivity index (χ0) is 10.8. The van der Waals surface area contributed by atoms with Crippen LogP contribution in [0.1, 0.15) is 18.2 Å². The number of halogens is 1. The van der Waals surface area contributed by atoms with Gasteiger partial charge in [-0.15, -0.1) is 0 Å².